The van der Waals surface area contributed by atoms with Crippen LogP contribution < -0.4 is 10.6 Å². The molecule has 106 valence electrons. The van der Waals surface area contributed by atoms with Gasteiger partial charge in [-0.2, -0.15) is 0 Å². The number of amides is 1. The summed E-state index contributed by atoms with van der Waals surface area (Å²) in [6.07, 6.45) is 0. The molecule has 0 saturated heterocycles. The Morgan fingerprint density at radius 1 is 1.16 bits per heavy atom. The summed E-state index contributed by atoms with van der Waals surface area (Å²) in [6, 6.07) is 8.03. The van der Waals surface area contributed by atoms with Crippen LogP contribution in [0.5, 0.6) is 0 Å². The van der Waals surface area contributed by atoms with Crippen LogP contribution in [-0.2, 0) is 4.79 Å². The van der Waals surface area contributed by atoms with E-state index in [4.69, 9.17) is 0 Å². The molecule has 1 rings (SSSR count). The summed E-state index contributed by atoms with van der Waals surface area (Å²) in [6.45, 7) is 9.89. The normalized spacial score (nSPS) is 14.8. The summed E-state index contributed by atoms with van der Waals surface area (Å²) in [4.78, 5) is 12.0. The predicted octanol–water partition coefficient (Wildman–Crippen LogP) is 3.40. The van der Waals surface area contributed by atoms with Crippen molar-refractivity contribution < 1.29 is 4.79 Å². The SMILES string of the molecule is CC(NC(C)c1ccc(Br)cc1)C(=O)NC(C)(C)C. The quantitative estimate of drug-likeness (QED) is 0.890. The number of halogens is 1. The highest BCUT2D eigenvalue weighted by Crippen LogP contribution is 2.17. The van der Waals surface area contributed by atoms with Crippen LogP contribution in [0.2, 0.25) is 0 Å². The molecule has 1 amide bonds. The third-order valence-electron chi connectivity index (χ3n) is 2.76. The number of hydrogen-bond acceptors (Lipinski definition) is 2. The molecule has 0 aliphatic heterocycles. The zero-order valence-corrected chi connectivity index (χ0v) is 13.8. The Labute approximate surface area is 124 Å². The number of carbonyl (C=O) groups is 1. The first-order valence-corrected chi connectivity index (χ1v) is 7.32. The van der Waals surface area contributed by atoms with Gasteiger partial charge in [0.2, 0.25) is 5.91 Å². The van der Waals surface area contributed by atoms with Crippen LogP contribution in [0.1, 0.15) is 46.2 Å². The van der Waals surface area contributed by atoms with Gasteiger partial charge in [-0.15, -0.1) is 0 Å². The third-order valence-corrected chi connectivity index (χ3v) is 3.29. The van der Waals surface area contributed by atoms with Gasteiger partial charge < -0.3 is 5.32 Å². The highest BCUT2D eigenvalue weighted by atomic mass is 79.9. The zero-order valence-electron chi connectivity index (χ0n) is 12.3. The van der Waals surface area contributed by atoms with Crippen molar-refractivity contribution in [2.75, 3.05) is 0 Å². The van der Waals surface area contributed by atoms with Crippen molar-refractivity contribution in [2.24, 2.45) is 0 Å². The lowest BCUT2D eigenvalue weighted by molar-refractivity contribution is -0.124. The van der Waals surface area contributed by atoms with E-state index < -0.39 is 0 Å². The molecule has 2 atom stereocenters. The van der Waals surface area contributed by atoms with Crippen molar-refractivity contribution in [2.45, 2.75) is 52.2 Å². The van der Waals surface area contributed by atoms with Gasteiger partial charge in [-0.3, -0.25) is 10.1 Å². The fraction of sp³-hybridized carbons (Fsp3) is 0.533. The highest BCUT2D eigenvalue weighted by Gasteiger charge is 2.20. The van der Waals surface area contributed by atoms with E-state index in [0.29, 0.717) is 0 Å². The number of hydrogen-bond donors (Lipinski definition) is 2. The second-order valence-corrected chi connectivity index (χ2v) is 6.82. The maximum absolute atomic E-state index is 12.0. The monoisotopic (exact) mass is 326 g/mol. The molecule has 0 aliphatic carbocycles. The molecule has 0 aromatic heterocycles. The van der Waals surface area contributed by atoms with Gasteiger partial charge in [-0.25, -0.2) is 0 Å². The van der Waals surface area contributed by atoms with Crippen molar-refractivity contribution >= 4 is 21.8 Å². The Morgan fingerprint density at radius 2 is 1.68 bits per heavy atom. The molecule has 0 heterocycles. The molecule has 2 N–H and O–H groups in total. The average molecular weight is 327 g/mol. The largest absolute Gasteiger partial charge is 0.350 e. The fourth-order valence-corrected chi connectivity index (χ4v) is 2.04. The molecule has 4 heteroatoms. The topological polar surface area (TPSA) is 41.1 Å². The molecule has 0 radical (unpaired) electrons. The van der Waals surface area contributed by atoms with Crippen LogP contribution >= 0.6 is 15.9 Å². The number of nitrogens with one attached hydrogen (secondary N) is 2. The summed E-state index contributed by atoms with van der Waals surface area (Å²) < 4.78 is 1.06. The molecule has 1 aromatic carbocycles. The summed E-state index contributed by atoms with van der Waals surface area (Å²) in [5, 5.41) is 6.29. The first-order chi connectivity index (χ1) is 8.69. The Kier molecular flexibility index (Phi) is 5.56. The summed E-state index contributed by atoms with van der Waals surface area (Å²) in [5.74, 6) is 0.0245. The van der Waals surface area contributed by atoms with Gasteiger partial charge in [0.15, 0.2) is 0 Å². The summed E-state index contributed by atoms with van der Waals surface area (Å²) >= 11 is 3.42. The molecule has 19 heavy (non-hydrogen) atoms. The van der Waals surface area contributed by atoms with E-state index >= 15 is 0 Å². The Bertz CT molecular complexity index is 423. The molecule has 0 saturated carbocycles. The van der Waals surface area contributed by atoms with Gasteiger partial charge in [0.25, 0.3) is 0 Å². The first kappa shape index (κ1) is 16.2. The van der Waals surface area contributed by atoms with Crippen LogP contribution in [0.25, 0.3) is 0 Å². The van der Waals surface area contributed by atoms with E-state index in [1.807, 2.05) is 39.8 Å². The van der Waals surface area contributed by atoms with E-state index in [0.717, 1.165) is 4.47 Å². The molecule has 0 spiro atoms. The van der Waals surface area contributed by atoms with Crippen LogP contribution in [0.4, 0.5) is 0 Å². The van der Waals surface area contributed by atoms with Crippen LogP contribution in [0.3, 0.4) is 0 Å². The van der Waals surface area contributed by atoms with Crippen molar-refractivity contribution in [3.63, 3.8) is 0 Å². The number of rotatable bonds is 4. The second kappa shape index (κ2) is 6.53. The van der Waals surface area contributed by atoms with E-state index in [1.54, 1.807) is 0 Å². The van der Waals surface area contributed by atoms with Crippen molar-refractivity contribution in [1.29, 1.82) is 0 Å². The number of benzene rings is 1. The molecule has 0 fully saturated rings. The lowest BCUT2D eigenvalue weighted by atomic mass is 10.1. The third kappa shape index (κ3) is 5.74. The lowest BCUT2D eigenvalue weighted by Gasteiger charge is -2.25. The van der Waals surface area contributed by atoms with Gasteiger partial charge in [0.1, 0.15) is 0 Å². The van der Waals surface area contributed by atoms with Gasteiger partial charge in [-0.05, 0) is 52.3 Å². The Morgan fingerprint density at radius 3 is 2.16 bits per heavy atom. The van der Waals surface area contributed by atoms with Crippen molar-refractivity contribution in [1.82, 2.24) is 10.6 Å². The van der Waals surface area contributed by atoms with Crippen molar-refractivity contribution in [3.05, 3.63) is 34.3 Å². The predicted molar refractivity (Wildman–Crippen MR) is 83.1 cm³/mol. The smallest absolute Gasteiger partial charge is 0.237 e. The maximum atomic E-state index is 12.0. The standard InChI is InChI=1S/C15H23BrN2O/c1-10(12-6-8-13(16)9-7-12)17-11(2)14(19)18-15(3,4)5/h6-11,17H,1-5H3,(H,18,19). The van der Waals surface area contributed by atoms with Crippen molar-refractivity contribution in [3.8, 4) is 0 Å². The average Bonchev–Trinajstić information content (AvgIpc) is 2.27. The Hall–Kier alpha value is -0.870. The van der Waals surface area contributed by atoms with Crippen LogP contribution in [0, 0.1) is 0 Å². The minimum Gasteiger partial charge on any atom is -0.350 e. The molecular formula is C15H23BrN2O. The highest BCUT2D eigenvalue weighted by molar-refractivity contribution is 9.10. The fourth-order valence-electron chi connectivity index (χ4n) is 1.78. The maximum Gasteiger partial charge on any atom is 0.237 e. The molecule has 3 nitrogen and oxygen atoms in total. The van der Waals surface area contributed by atoms with E-state index in [9.17, 15) is 4.79 Å². The van der Waals surface area contributed by atoms with Gasteiger partial charge in [0.05, 0.1) is 6.04 Å². The summed E-state index contributed by atoms with van der Waals surface area (Å²) in [5.41, 5.74) is 0.965. The lowest BCUT2D eigenvalue weighted by Crippen LogP contribution is -2.49. The van der Waals surface area contributed by atoms with Crippen LogP contribution in [-0.4, -0.2) is 17.5 Å². The Balaban J connectivity index is 2.59. The van der Waals surface area contributed by atoms with Gasteiger partial charge in [0, 0.05) is 16.1 Å². The number of carbonyl (C=O) groups excluding carboxylic acids is 1. The first-order valence-electron chi connectivity index (χ1n) is 6.52. The molecular weight excluding hydrogens is 304 g/mol. The summed E-state index contributed by atoms with van der Waals surface area (Å²) in [7, 11) is 0. The van der Waals surface area contributed by atoms with E-state index in [2.05, 4.69) is 45.6 Å². The minimum absolute atomic E-state index is 0.0245. The van der Waals surface area contributed by atoms with E-state index in [-0.39, 0.29) is 23.5 Å². The minimum atomic E-state index is -0.224. The molecule has 1 aromatic rings. The van der Waals surface area contributed by atoms with E-state index in [1.165, 1.54) is 5.56 Å². The molecule has 0 bridgehead atoms. The molecule has 2 unspecified atom stereocenters. The second-order valence-electron chi connectivity index (χ2n) is 5.90. The van der Waals surface area contributed by atoms with Crippen LogP contribution in [0.15, 0.2) is 28.7 Å². The zero-order chi connectivity index (χ0) is 14.6. The molecule has 0 aliphatic rings. The van der Waals surface area contributed by atoms with Gasteiger partial charge in [-0.1, -0.05) is 28.1 Å². The van der Waals surface area contributed by atoms with Gasteiger partial charge >= 0.3 is 0 Å².